The van der Waals surface area contributed by atoms with Gasteiger partial charge >= 0.3 is 0 Å². The Balaban J connectivity index is 1.26. The van der Waals surface area contributed by atoms with E-state index in [1.54, 1.807) is 12.1 Å². The van der Waals surface area contributed by atoms with Crippen LogP contribution in [0.5, 0.6) is 5.75 Å². The van der Waals surface area contributed by atoms with Crippen LogP contribution < -0.4 is 4.74 Å². The lowest BCUT2D eigenvalue weighted by Gasteiger charge is -2.45. The molecule has 0 aromatic heterocycles. The first kappa shape index (κ1) is 23.6. The van der Waals surface area contributed by atoms with Crippen LogP contribution in [0.15, 0.2) is 43.0 Å². The van der Waals surface area contributed by atoms with Crippen molar-refractivity contribution < 1.29 is 9.13 Å². The second-order valence-corrected chi connectivity index (χ2v) is 10.8. The zero-order valence-electron chi connectivity index (χ0n) is 20.1. The Bertz CT molecular complexity index is 760. The molecule has 0 aliphatic heterocycles. The fourth-order valence-electron chi connectivity index (χ4n) is 7.14. The fourth-order valence-corrected chi connectivity index (χ4v) is 7.14. The van der Waals surface area contributed by atoms with Crippen LogP contribution in [0.25, 0.3) is 0 Å². The largest absolute Gasteiger partial charge is 0.486 e. The lowest BCUT2D eigenvalue weighted by Crippen LogP contribution is -2.34. The van der Waals surface area contributed by atoms with Crippen LogP contribution in [0.3, 0.4) is 0 Å². The molecule has 0 radical (unpaired) electrons. The number of benzene rings is 1. The number of ether oxygens (including phenoxy) is 1. The highest BCUT2D eigenvalue weighted by Crippen LogP contribution is 2.51. The van der Waals surface area contributed by atoms with E-state index in [4.69, 9.17) is 4.74 Å². The quantitative estimate of drug-likeness (QED) is 0.368. The third-order valence-electron chi connectivity index (χ3n) is 8.97. The minimum atomic E-state index is -0.225. The fraction of sp³-hybridized carbons (Fsp3) is 0.667. The van der Waals surface area contributed by atoms with E-state index < -0.39 is 0 Å². The third kappa shape index (κ3) is 5.86. The van der Waals surface area contributed by atoms with Crippen molar-refractivity contribution in [1.82, 2.24) is 0 Å². The first-order chi connectivity index (χ1) is 15.7. The van der Waals surface area contributed by atoms with Crippen molar-refractivity contribution in [2.45, 2.75) is 89.9 Å². The Labute approximate surface area is 195 Å². The van der Waals surface area contributed by atoms with Gasteiger partial charge in [-0.15, -0.1) is 0 Å². The van der Waals surface area contributed by atoms with Crippen LogP contribution in [-0.4, -0.2) is 6.61 Å². The lowest BCUT2D eigenvalue weighted by atomic mass is 9.60. The van der Waals surface area contributed by atoms with Gasteiger partial charge in [0.1, 0.15) is 6.61 Å². The zero-order chi connectivity index (χ0) is 22.3. The predicted octanol–water partition coefficient (Wildman–Crippen LogP) is 8.85. The maximum absolute atomic E-state index is 14.5. The van der Waals surface area contributed by atoms with Crippen molar-refractivity contribution in [3.8, 4) is 5.75 Å². The molecule has 3 aliphatic rings. The summed E-state index contributed by atoms with van der Waals surface area (Å²) in [6.45, 7) is 6.12. The van der Waals surface area contributed by atoms with Gasteiger partial charge < -0.3 is 4.74 Å². The second kappa shape index (κ2) is 11.5. The van der Waals surface area contributed by atoms with Gasteiger partial charge in [-0.2, -0.15) is 0 Å². The summed E-state index contributed by atoms with van der Waals surface area (Å²) in [6.07, 6.45) is 22.8. The highest BCUT2D eigenvalue weighted by atomic mass is 19.1. The van der Waals surface area contributed by atoms with E-state index in [0.29, 0.717) is 18.3 Å². The van der Waals surface area contributed by atoms with Gasteiger partial charge in [-0.05, 0) is 124 Å². The third-order valence-corrected chi connectivity index (χ3v) is 8.97. The molecule has 4 unspecified atom stereocenters. The maximum atomic E-state index is 14.5. The molecule has 3 saturated carbocycles. The van der Waals surface area contributed by atoms with Gasteiger partial charge in [0.15, 0.2) is 11.6 Å². The monoisotopic (exact) mass is 438 g/mol. The van der Waals surface area contributed by atoms with Crippen molar-refractivity contribution in [1.29, 1.82) is 0 Å². The molecule has 2 heteroatoms. The summed E-state index contributed by atoms with van der Waals surface area (Å²) in [4.78, 5) is 0. The van der Waals surface area contributed by atoms with Crippen LogP contribution in [0.4, 0.5) is 4.39 Å². The molecule has 1 aromatic carbocycles. The van der Waals surface area contributed by atoms with E-state index in [9.17, 15) is 4.39 Å². The molecule has 1 aromatic rings. The van der Waals surface area contributed by atoms with Crippen LogP contribution in [-0.2, 0) is 0 Å². The maximum Gasteiger partial charge on any atom is 0.165 e. The minimum absolute atomic E-state index is 0.225. The molecule has 0 N–H and O–H groups in total. The topological polar surface area (TPSA) is 9.23 Å². The summed E-state index contributed by atoms with van der Waals surface area (Å²) < 4.78 is 19.9. The average molecular weight is 439 g/mol. The van der Waals surface area contributed by atoms with Gasteiger partial charge in [-0.3, -0.25) is 0 Å². The average Bonchev–Trinajstić information content (AvgIpc) is 2.83. The number of allylic oxidation sites excluding steroid dienone is 2. The summed E-state index contributed by atoms with van der Waals surface area (Å²) in [5.41, 5.74) is 1.17. The molecule has 0 amide bonds. The van der Waals surface area contributed by atoms with Gasteiger partial charge in [-0.1, -0.05) is 43.7 Å². The van der Waals surface area contributed by atoms with Gasteiger partial charge in [0.2, 0.25) is 0 Å². The molecule has 0 bridgehead atoms. The standard InChI is InChI=1S/C30H43FO/c1-3-5-6-7-22-8-10-23(11-9-22)24-12-13-26-20-27(15-14-25(26)19-24)28-16-17-30(29(31)21-28)32-18-4-2/h3-5,16-17,21-27H,2,6-15,18-20H2,1H3/b5-3+. The van der Waals surface area contributed by atoms with E-state index in [1.165, 1.54) is 82.6 Å². The second-order valence-electron chi connectivity index (χ2n) is 10.8. The first-order valence-electron chi connectivity index (χ1n) is 13.3. The van der Waals surface area contributed by atoms with Crippen LogP contribution in [0.1, 0.15) is 95.5 Å². The van der Waals surface area contributed by atoms with Crippen LogP contribution in [0.2, 0.25) is 0 Å². The Morgan fingerprint density at radius 1 is 0.938 bits per heavy atom. The lowest BCUT2D eigenvalue weighted by molar-refractivity contribution is 0.0713. The van der Waals surface area contributed by atoms with Crippen molar-refractivity contribution >= 4 is 0 Å². The number of hydrogen-bond donors (Lipinski definition) is 0. The molecule has 3 fully saturated rings. The van der Waals surface area contributed by atoms with Crippen molar-refractivity contribution in [2.24, 2.45) is 29.6 Å². The SMILES string of the molecule is C=CCOc1ccc(C2CCC3CC(C4CCC(CC/C=C/C)CC4)CCC3C2)cc1F. The molecule has 1 nitrogen and oxygen atoms in total. The van der Waals surface area contributed by atoms with Gasteiger partial charge in [0.05, 0.1) is 0 Å². The highest BCUT2D eigenvalue weighted by molar-refractivity contribution is 5.32. The highest BCUT2D eigenvalue weighted by Gasteiger charge is 2.39. The van der Waals surface area contributed by atoms with E-state index in [-0.39, 0.29) is 5.82 Å². The van der Waals surface area contributed by atoms with Crippen LogP contribution >= 0.6 is 0 Å². The van der Waals surface area contributed by atoms with Crippen molar-refractivity contribution in [3.05, 3.63) is 54.4 Å². The van der Waals surface area contributed by atoms with E-state index >= 15 is 0 Å². The van der Waals surface area contributed by atoms with Crippen molar-refractivity contribution in [3.63, 3.8) is 0 Å². The molecule has 0 heterocycles. The van der Waals surface area contributed by atoms with Gasteiger partial charge in [0, 0.05) is 0 Å². The van der Waals surface area contributed by atoms with E-state index in [0.717, 1.165) is 29.6 Å². The summed E-state index contributed by atoms with van der Waals surface area (Å²) in [6, 6.07) is 5.63. The minimum Gasteiger partial charge on any atom is -0.486 e. The Morgan fingerprint density at radius 2 is 1.62 bits per heavy atom. The number of halogens is 1. The Morgan fingerprint density at radius 3 is 2.34 bits per heavy atom. The van der Waals surface area contributed by atoms with E-state index in [1.807, 2.05) is 6.07 Å². The summed E-state index contributed by atoms with van der Waals surface area (Å²) in [5.74, 6) is 5.34. The molecule has 0 spiro atoms. The molecule has 176 valence electrons. The number of hydrogen-bond acceptors (Lipinski definition) is 1. The summed E-state index contributed by atoms with van der Waals surface area (Å²) in [7, 11) is 0. The Kier molecular flexibility index (Phi) is 8.49. The Hall–Kier alpha value is -1.57. The molecular weight excluding hydrogens is 395 g/mol. The number of fused-ring (bicyclic) bond motifs is 1. The summed E-state index contributed by atoms with van der Waals surface area (Å²) >= 11 is 0. The van der Waals surface area contributed by atoms with E-state index in [2.05, 4.69) is 31.7 Å². The van der Waals surface area contributed by atoms with Crippen LogP contribution in [0, 0.1) is 35.4 Å². The van der Waals surface area contributed by atoms with Crippen molar-refractivity contribution in [2.75, 3.05) is 6.61 Å². The molecule has 0 saturated heterocycles. The van der Waals surface area contributed by atoms with Gasteiger partial charge in [0.25, 0.3) is 0 Å². The summed E-state index contributed by atoms with van der Waals surface area (Å²) in [5, 5.41) is 0. The molecule has 32 heavy (non-hydrogen) atoms. The molecule has 4 atom stereocenters. The molecule has 3 aliphatic carbocycles. The first-order valence-corrected chi connectivity index (χ1v) is 13.3. The normalized spacial score (nSPS) is 33.1. The predicted molar refractivity (Wildman–Crippen MR) is 133 cm³/mol. The molecular formula is C30H43FO. The molecule has 4 rings (SSSR count). The van der Waals surface area contributed by atoms with Gasteiger partial charge in [-0.25, -0.2) is 4.39 Å². The number of rotatable bonds is 8. The smallest absolute Gasteiger partial charge is 0.165 e. The zero-order valence-corrected chi connectivity index (χ0v) is 20.1.